The van der Waals surface area contributed by atoms with E-state index in [0.29, 0.717) is 12.3 Å². The first-order chi connectivity index (χ1) is 9.19. The first kappa shape index (κ1) is 12.9. The molecule has 4 heteroatoms. The number of likely N-dealkylation sites (tertiary alicyclic amines) is 1. The van der Waals surface area contributed by atoms with Crippen molar-refractivity contribution in [1.82, 2.24) is 4.90 Å². The number of esters is 1. The monoisotopic (exact) mass is 265 g/mol. The van der Waals surface area contributed by atoms with E-state index in [1.165, 1.54) is 32.8 Å². The summed E-state index contributed by atoms with van der Waals surface area (Å²) in [5, 5.41) is 0. The van der Waals surface area contributed by atoms with Crippen LogP contribution in [-0.2, 0) is 14.3 Å². The first-order valence-electron chi connectivity index (χ1n) is 7.56. The minimum absolute atomic E-state index is 0.172. The molecule has 2 saturated carbocycles. The van der Waals surface area contributed by atoms with E-state index >= 15 is 0 Å². The van der Waals surface area contributed by atoms with Gasteiger partial charge in [-0.2, -0.15) is 0 Å². The van der Waals surface area contributed by atoms with Crippen molar-refractivity contribution in [1.29, 1.82) is 0 Å². The summed E-state index contributed by atoms with van der Waals surface area (Å²) >= 11 is 0. The van der Waals surface area contributed by atoms with Gasteiger partial charge in [0.2, 0.25) is 5.91 Å². The maximum Gasteiger partial charge on any atom is 0.328 e. The number of rotatable bonds is 3. The summed E-state index contributed by atoms with van der Waals surface area (Å²) in [6.07, 6.45) is 7.56. The van der Waals surface area contributed by atoms with Crippen LogP contribution in [0.5, 0.6) is 0 Å². The molecule has 4 unspecified atom stereocenters. The largest absolute Gasteiger partial charge is 0.467 e. The summed E-state index contributed by atoms with van der Waals surface area (Å²) in [4.78, 5) is 25.9. The highest BCUT2D eigenvalue weighted by Gasteiger charge is 2.42. The molecule has 19 heavy (non-hydrogen) atoms. The Morgan fingerprint density at radius 3 is 2.68 bits per heavy atom. The van der Waals surface area contributed by atoms with Crippen molar-refractivity contribution < 1.29 is 14.3 Å². The molecule has 3 fully saturated rings. The van der Waals surface area contributed by atoms with E-state index in [9.17, 15) is 9.59 Å². The normalized spacial score (nSPS) is 36.8. The molecule has 0 aromatic heterocycles. The highest BCUT2D eigenvalue weighted by molar-refractivity contribution is 5.85. The first-order valence-corrected chi connectivity index (χ1v) is 7.56. The fourth-order valence-electron chi connectivity index (χ4n) is 4.41. The van der Waals surface area contributed by atoms with E-state index in [1.807, 2.05) is 0 Å². The molecule has 4 atom stereocenters. The number of amides is 1. The van der Waals surface area contributed by atoms with Crippen molar-refractivity contribution in [3.63, 3.8) is 0 Å². The highest BCUT2D eigenvalue weighted by Crippen LogP contribution is 2.49. The number of nitrogens with zero attached hydrogens (tertiary/aromatic N) is 1. The Hall–Kier alpha value is -1.06. The Bertz CT molecular complexity index is 382. The van der Waals surface area contributed by atoms with Gasteiger partial charge in [0.05, 0.1) is 7.11 Å². The topological polar surface area (TPSA) is 46.6 Å². The van der Waals surface area contributed by atoms with E-state index in [2.05, 4.69) is 0 Å². The third-order valence-electron chi connectivity index (χ3n) is 5.37. The molecule has 0 aromatic carbocycles. The molecule has 3 aliphatic rings. The van der Waals surface area contributed by atoms with Crippen molar-refractivity contribution in [2.75, 3.05) is 13.7 Å². The standard InChI is InChI=1S/C15H23NO3/c1-19-15(18)13-3-2-6-16(13)14(17)9-12-8-10-4-5-11(12)7-10/h10-13H,2-9H2,1H3. The predicted octanol–water partition coefficient (Wildman–Crippen LogP) is 1.98. The molecule has 2 aliphatic carbocycles. The lowest BCUT2D eigenvalue weighted by Gasteiger charge is -2.27. The molecule has 3 rings (SSSR count). The molecular weight excluding hydrogens is 242 g/mol. The Morgan fingerprint density at radius 2 is 2.05 bits per heavy atom. The molecule has 1 amide bonds. The van der Waals surface area contributed by atoms with Crippen molar-refractivity contribution >= 4 is 11.9 Å². The lowest BCUT2D eigenvalue weighted by Crippen LogP contribution is -2.42. The molecule has 1 heterocycles. The predicted molar refractivity (Wildman–Crippen MR) is 70.3 cm³/mol. The fourth-order valence-corrected chi connectivity index (χ4v) is 4.41. The van der Waals surface area contributed by atoms with Gasteiger partial charge in [0.25, 0.3) is 0 Å². The molecule has 1 aliphatic heterocycles. The van der Waals surface area contributed by atoms with Gasteiger partial charge in [-0.05, 0) is 49.9 Å². The molecular formula is C15H23NO3. The molecule has 2 bridgehead atoms. The average molecular weight is 265 g/mol. The molecule has 0 aromatic rings. The van der Waals surface area contributed by atoms with Crippen molar-refractivity contribution in [2.24, 2.45) is 17.8 Å². The third kappa shape index (κ3) is 2.37. The lowest BCUT2D eigenvalue weighted by atomic mass is 9.86. The Labute approximate surface area is 114 Å². The second kappa shape index (κ2) is 5.14. The van der Waals surface area contributed by atoms with Gasteiger partial charge in [0, 0.05) is 13.0 Å². The third-order valence-corrected chi connectivity index (χ3v) is 5.37. The molecule has 106 valence electrons. The van der Waals surface area contributed by atoms with Gasteiger partial charge in [0.1, 0.15) is 6.04 Å². The molecule has 0 spiro atoms. The van der Waals surface area contributed by atoms with Gasteiger partial charge in [-0.15, -0.1) is 0 Å². The zero-order valence-electron chi connectivity index (χ0n) is 11.6. The summed E-state index contributed by atoms with van der Waals surface area (Å²) in [5.41, 5.74) is 0. The quantitative estimate of drug-likeness (QED) is 0.733. The van der Waals surface area contributed by atoms with E-state index < -0.39 is 0 Å². The number of ether oxygens (including phenoxy) is 1. The summed E-state index contributed by atoms with van der Waals surface area (Å²) in [6, 6.07) is -0.323. The van der Waals surface area contributed by atoms with Crippen LogP contribution in [0.15, 0.2) is 0 Å². The van der Waals surface area contributed by atoms with Gasteiger partial charge in [-0.25, -0.2) is 4.79 Å². The number of fused-ring (bicyclic) bond motifs is 2. The summed E-state index contributed by atoms with van der Waals surface area (Å²) < 4.78 is 4.80. The smallest absolute Gasteiger partial charge is 0.328 e. The minimum atomic E-state index is -0.323. The summed E-state index contributed by atoms with van der Waals surface area (Å²) in [5.74, 6) is 2.14. The molecule has 0 radical (unpaired) electrons. The number of hydrogen-bond acceptors (Lipinski definition) is 3. The Kier molecular flexibility index (Phi) is 3.50. The summed E-state index contributed by atoms with van der Waals surface area (Å²) in [7, 11) is 1.40. The van der Waals surface area contributed by atoms with E-state index in [0.717, 1.165) is 31.2 Å². The number of methoxy groups -OCH3 is 1. The van der Waals surface area contributed by atoms with Gasteiger partial charge in [0.15, 0.2) is 0 Å². The SMILES string of the molecule is COC(=O)C1CCCN1C(=O)CC1CC2CCC1C2. The van der Waals surface area contributed by atoms with E-state index in [4.69, 9.17) is 4.74 Å². The Morgan fingerprint density at radius 1 is 1.21 bits per heavy atom. The van der Waals surface area contributed by atoms with Crippen LogP contribution in [-0.4, -0.2) is 36.5 Å². The summed E-state index contributed by atoms with van der Waals surface area (Å²) in [6.45, 7) is 0.722. The number of carbonyl (C=O) groups is 2. The van der Waals surface area contributed by atoms with Crippen molar-refractivity contribution in [2.45, 2.75) is 51.0 Å². The van der Waals surface area contributed by atoms with Crippen LogP contribution in [0.2, 0.25) is 0 Å². The maximum atomic E-state index is 12.4. The van der Waals surface area contributed by atoms with Crippen LogP contribution in [0, 0.1) is 17.8 Å². The van der Waals surface area contributed by atoms with E-state index in [-0.39, 0.29) is 17.9 Å². The van der Waals surface area contributed by atoms with Crippen molar-refractivity contribution in [3.8, 4) is 0 Å². The van der Waals surface area contributed by atoms with Gasteiger partial charge in [-0.3, -0.25) is 4.79 Å². The van der Waals surface area contributed by atoms with Gasteiger partial charge < -0.3 is 9.64 Å². The van der Waals surface area contributed by atoms with Gasteiger partial charge >= 0.3 is 5.97 Å². The zero-order valence-corrected chi connectivity index (χ0v) is 11.6. The van der Waals surface area contributed by atoms with Crippen LogP contribution in [0.4, 0.5) is 0 Å². The van der Waals surface area contributed by atoms with Crippen LogP contribution in [0.25, 0.3) is 0 Å². The minimum Gasteiger partial charge on any atom is -0.467 e. The Balaban J connectivity index is 1.59. The fraction of sp³-hybridized carbons (Fsp3) is 0.867. The number of carbonyl (C=O) groups excluding carboxylic acids is 2. The molecule has 1 saturated heterocycles. The van der Waals surface area contributed by atoms with Crippen LogP contribution in [0.3, 0.4) is 0 Å². The second-order valence-electron chi connectivity index (χ2n) is 6.41. The average Bonchev–Trinajstić information content (AvgIpc) is 3.12. The van der Waals surface area contributed by atoms with Crippen LogP contribution >= 0.6 is 0 Å². The highest BCUT2D eigenvalue weighted by atomic mass is 16.5. The van der Waals surface area contributed by atoms with E-state index in [1.54, 1.807) is 4.90 Å². The van der Waals surface area contributed by atoms with Crippen molar-refractivity contribution in [3.05, 3.63) is 0 Å². The lowest BCUT2D eigenvalue weighted by molar-refractivity contribution is -0.151. The maximum absolute atomic E-state index is 12.4. The molecule has 4 nitrogen and oxygen atoms in total. The number of hydrogen-bond donors (Lipinski definition) is 0. The van der Waals surface area contributed by atoms with Crippen LogP contribution < -0.4 is 0 Å². The zero-order chi connectivity index (χ0) is 13.4. The second-order valence-corrected chi connectivity index (χ2v) is 6.41. The molecule has 0 N–H and O–H groups in total. The van der Waals surface area contributed by atoms with Crippen LogP contribution in [0.1, 0.15) is 44.9 Å². The van der Waals surface area contributed by atoms with Gasteiger partial charge in [-0.1, -0.05) is 6.42 Å².